The summed E-state index contributed by atoms with van der Waals surface area (Å²) in [5.74, 6) is -0.0596. The second kappa shape index (κ2) is 6.09. The van der Waals surface area contributed by atoms with Crippen LogP contribution in [0.1, 0.15) is 32.6 Å². The smallest absolute Gasteiger partial charge is 0.251 e. The minimum atomic E-state index is -0.0596. The maximum Gasteiger partial charge on any atom is 0.251 e. The van der Waals surface area contributed by atoms with Crippen molar-refractivity contribution in [3.63, 3.8) is 0 Å². The average molecular weight is 288 g/mol. The summed E-state index contributed by atoms with van der Waals surface area (Å²) >= 11 is 1.77. The molecule has 0 aliphatic rings. The van der Waals surface area contributed by atoms with E-state index in [1.807, 2.05) is 32.0 Å². The van der Waals surface area contributed by atoms with Crippen LogP contribution in [0.3, 0.4) is 0 Å². The van der Waals surface area contributed by atoms with E-state index in [1.54, 1.807) is 11.3 Å². The summed E-state index contributed by atoms with van der Waals surface area (Å²) in [6, 6.07) is 9.75. The topological polar surface area (TPSA) is 55.1 Å². The molecule has 1 heterocycles. The first kappa shape index (κ1) is 14.6. The van der Waals surface area contributed by atoms with Gasteiger partial charge in [-0.3, -0.25) is 4.79 Å². The summed E-state index contributed by atoms with van der Waals surface area (Å²) in [5.41, 5.74) is 7.98. The Hall–Kier alpha value is -1.81. The molecule has 1 unspecified atom stereocenters. The Morgan fingerprint density at radius 3 is 2.70 bits per heavy atom. The molecule has 1 aromatic heterocycles. The van der Waals surface area contributed by atoms with Gasteiger partial charge in [0, 0.05) is 33.5 Å². The molecule has 0 saturated heterocycles. The lowest BCUT2D eigenvalue weighted by Crippen LogP contribution is -2.34. The molecule has 0 radical (unpaired) electrons. The molecular formula is C16H20N2OS. The summed E-state index contributed by atoms with van der Waals surface area (Å²) in [5, 5.41) is 3.03. The van der Waals surface area contributed by atoms with Crippen molar-refractivity contribution in [2.75, 3.05) is 5.73 Å². The number of benzene rings is 1. The largest absolute Gasteiger partial charge is 0.398 e. The van der Waals surface area contributed by atoms with Crippen LogP contribution in [0.2, 0.25) is 0 Å². The summed E-state index contributed by atoms with van der Waals surface area (Å²) in [4.78, 5) is 14.8. The van der Waals surface area contributed by atoms with Gasteiger partial charge in [0.2, 0.25) is 0 Å². The van der Waals surface area contributed by atoms with E-state index in [1.165, 1.54) is 9.75 Å². The number of rotatable bonds is 4. The Kier molecular flexibility index (Phi) is 4.45. The quantitative estimate of drug-likeness (QED) is 0.848. The molecule has 0 aliphatic carbocycles. The molecule has 20 heavy (non-hydrogen) atoms. The van der Waals surface area contributed by atoms with Gasteiger partial charge in [-0.1, -0.05) is 6.07 Å². The van der Waals surface area contributed by atoms with Gasteiger partial charge in [-0.2, -0.15) is 0 Å². The van der Waals surface area contributed by atoms with Gasteiger partial charge >= 0.3 is 0 Å². The first-order valence-electron chi connectivity index (χ1n) is 6.68. The minimum Gasteiger partial charge on any atom is -0.398 e. The number of hydrogen-bond donors (Lipinski definition) is 2. The number of nitrogens with two attached hydrogens (primary N) is 1. The maximum atomic E-state index is 12.3. The van der Waals surface area contributed by atoms with Crippen LogP contribution in [0.25, 0.3) is 0 Å². The highest BCUT2D eigenvalue weighted by Gasteiger charge is 2.14. The van der Waals surface area contributed by atoms with E-state index >= 15 is 0 Å². The van der Waals surface area contributed by atoms with Crippen molar-refractivity contribution in [3.8, 4) is 0 Å². The second-order valence-corrected chi connectivity index (χ2v) is 6.48. The zero-order valence-corrected chi connectivity index (χ0v) is 12.9. The second-order valence-electron chi connectivity index (χ2n) is 5.11. The molecule has 3 N–H and O–H groups in total. The highest BCUT2D eigenvalue weighted by molar-refractivity contribution is 7.11. The molecule has 0 bridgehead atoms. The van der Waals surface area contributed by atoms with Crippen LogP contribution in [0.15, 0.2) is 30.3 Å². The van der Waals surface area contributed by atoms with E-state index < -0.39 is 0 Å². The van der Waals surface area contributed by atoms with Gasteiger partial charge in [-0.05, 0) is 50.6 Å². The Bertz CT molecular complexity index is 619. The number of hydrogen-bond acceptors (Lipinski definition) is 3. The lowest BCUT2D eigenvalue weighted by Gasteiger charge is -2.14. The van der Waals surface area contributed by atoms with Crippen LogP contribution in [0.5, 0.6) is 0 Å². The fourth-order valence-corrected chi connectivity index (χ4v) is 3.17. The molecule has 1 atom stereocenters. The molecule has 0 fully saturated rings. The van der Waals surface area contributed by atoms with E-state index in [0.717, 1.165) is 12.0 Å². The highest BCUT2D eigenvalue weighted by atomic mass is 32.1. The van der Waals surface area contributed by atoms with E-state index in [-0.39, 0.29) is 11.9 Å². The van der Waals surface area contributed by atoms with Gasteiger partial charge in [0.25, 0.3) is 5.91 Å². The van der Waals surface area contributed by atoms with Crippen LogP contribution >= 0.6 is 11.3 Å². The lowest BCUT2D eigenvalue weighted by atomic mass is 10.1. The fourth-order valence-electron chi connectivity index (χ4n) is 2.15. The number of anilines is 1. The van der Waals surface area contributed by atoms with Crippen LogP contribution < -0.4 is 11.1 Å². The Morgan fingerprint density at radius 1 is 1.30 bits per heavy atom. The number of carbonyl (C=O) groups excluding carboxylic acids is 1. The Morgan fingerprint density at radius 2 is 2.05 bits per heavy atom. The first-order chi connectivity index (χ1) is 9.47. The molecule has 0 aliphatic heterocycles. The molecule has 2 aromatic rings. The van der Waals surface area contributed by atoms with Gasteiger partial charge in [-0.25, -0.2) is 0 Å². The zero-order valence-electron chi connectivity index (χ0n) is 12.1. The molecule has 2 rings (SSSR count). The van der Waals surface area contributed by atoms with Gasteiger partial charge in [0.15, 0.2) is 0 Å². The lowest BCUT2D eigenvalue weighted by molar-refractivity contribution is 0.0939. The first-order valence-corrected chi connectivity index (χ1v) is 7.50. The van der Waals surface area contributed by atoms with E-state index in [9.17, 15) is 4.79 Å². The molecule has 106 valence electrons. The Labute approximate surface area is 123 Å². The third kappa shape index (κ3) is 3.39. The number of carbonyl (C=O) groups is 1. The molecule has 1 aromatic carbocycles. The average Bonchev–Trinajstić information content (AvgIpc) is 2.77. The molecule has 4 heteroatoms. The number of aryl methyl sites for hydroxylation is 1. The molecule has 3 nitrogen and oxygen atoms in total. The van der Waals surface area contributed by atoms with Crippen molar-refractivity contribution in [1.82, 2.24) is 5.32 Å². The van der Waals surface area contributed by atoms with Crippen molar-refractivity contribution in [2.45, 2.75) is 33.2 Å². The number of nitrogen functional groups attached to an aromatic ring is 1. The maximum absolute atomic E-state index is 12.3. The summed E-state index contributed by atoms with van der Waals surface area (Å²) < 4.78 is 0. The zero-order chi connectivity index (χ0) is 14.7. The van der Waals surface area contributed by atoms with Crippen molar-refractivity contribution < 1.29 is 4.79 Å². The molecule has 1 amide bonds. The third-order valence-corrected chi connectivity index (χ3v) is 4.32. The van der Waals surface area contributed by atoms with E-state index in [4.69, 9.17) is 5.73 Å². The molecule has 0 saturated carbocycles. The van der Waals surface area contributed by atoms with Gasteiger partial charge in [-0.15, -0.1) is 11.3 Å². The fraction of sp³-hybridized carbons (Fsp3) is 0.312. The number of amides is 1. The number of thiophene rings is 1. The molecule has 0 spiro atoms. The van der Waals surface area contributed by atoms with E-state index in [0.29, 0.717) is 11.3 Å². The Balaban J connectivity index is 2.02. The van der Waals surface area contributed by atoms with Crippen LogP contribution in [-0.4, -0.2) is 11.9 Å². The van der Waals surface area contributed by atoms with Crippen molar-refractivity contribution in [3.05, 3.63) is 51.2 Å². The third-order valence-electron chi connectivity index (χ3n) is 3.30. The predicted octanol–water partition coefficient (Wildman–Crippen LogP) is 3.31. The molecular weight excluding hydrogens is 268 g/mol. The normalized spacial score (nSPS) is 12.2. The summed E-state index contributed by atoms with van der Waals surface area (Å²) in [6.45, 7) is 5.99. The van der Waals surface area contributed by atoms with Crippen LogP contribution in [-0.2, 0) is 6.42 Å². The van der Waals surface area contributed by atoms with Crippen LogP contribution in [0.4, 0.5) is 5.69 Å². The predicted molar refractivity (Wildman–Crippen MR) is 85.3 cm³/mol. The monoisotopic (exact) mass is 288 g/mol. The SMILES string of the molecule is Cc1ccc(CC(C)NC(=O)c2cccc(N)c2C)s1. The summed E-state index contributed by atoms with van der Waals surface area (Å²) in [7, 11) is 0. The summed E-state index contributed by atoms with van der Waals surface area (Å²) in [6.07, 6.45) is 0.853. The van der Waals surface area contributed by atoms with Crippen molar-refractivity contribution in [1.29, 1.82) is 0 Å². The standard InChI is InChI=1S/C16H20N2OS/c1-10(9-13-8-7-11(2)20-13)18-16(19)14-5-4-6-15(17)12(14)3/h4-8,10H,9,17H2,1-3H3,(H,18,19). The number of nitrogens with one attached hydrogen (secondary N) is 1. The van der Waals surface area contributed by atoms with Gasteiger partial charge in [0.05, 0.1) is 0 Å². The highest BCUT2D eigenvalue weighted by Crippen LogP contribution is 2.18. The van der Waals surface area contributed by atoms with Gasteiger partial charge in [0.1, 0.15) is 0 Å². The van der Waals surface area contributed by atoms with Crippen LogP contribution in [0, 0.1) is 13.8 Å². The van der Waals surface area contributed by atoms with E-state index in [2.05, 4.69) is 24.4 Å². The van der Waals surface area contributed by atoms with Crippen molar-refractivity contribution >= 4 is 22.9 Å². The minimum absolute atomic E-state index is 0.0596. The van der Waals surface area contributed by atoms with Gasteiger partial charge < -0.3 is 11.1 Å². The van der Waals surface area contributed by atoms with Crippen molar-refractivity contribution in [2.24, 2.45) is 0 Å².